The molecule has 0 aromatic heterocycles. The molecule has 1 rings (SSSR count). The molecule has 0 aliphatic carbocycles. The third kappa shape index (κ3) is 3.84. The molecule has 106 valence electrons. The molecule has 7 N–H and O–H groups in total. The normalized spacial score (nSPS) is 15.6. The van der Waals surface area contributed by atoms with Gasteiger partial charge in [0.2, 0.25) is 0 Å². The lowest BCUT2D eigenvalue weighted by atomic mass is 10.2. The van der Waals surface area contributed by atoms with Crippen molar-refractivity contribution in [3.8, 4) is 0 Å². The summed E-state index contributed by atoms with van der Waals surface area (Å²) in [5, 5.41) is 56.6. The van der Waals surface area contributed by atoms with Crippen molar-refractivity contribution in [1.29, 1.82) is 0 Å². The maximum atomic E-state index is 11.0. The molecule has 0 heterocycles. The second kappa shape index (κ2) is 6.40. The quantitative estimate of drug-likeness (QED) is 0.276. The molecule has 0 saturated heterocycles. The fraction of sp³-hybridized carbons (Fsp3) is 0.222. The smallest absolute Gasteiger partial charge is 0.328 e. The lowest BCUT2D eigenvalue weighted by molar-refractivity contribution is -0.996. The highest BCUT2D eigenvalue weighted by molar-refractivity contribution is 5.79. The summed E-state index contributed by atoms with van der Waals surface area (Å²) in [4.78, 5) is 10.7. The molecule has 3 atom stereocenters. The number of carboxylic acids is 1. The molecule has 0 amide bonds. The van der Waals surface area contributed by atoms with E-state index in [-0.39, 0.29) is 17.1 Å². The van der Waals surface area contributed by atoms with E-state index in [1.54, 1.807) is 0 Å². The van der Waals surface area contributed by atoms with Gasteiger partial charge < -0.3 is 25.9 Å². The van der Waals surface area contributed by atoms with E-state index < -0.39 is 29.1 Å². The summed E-state index contributed by atoms with van der Waals surface area (Å²) in [5.74, 6) is -1.36. The van der Waals surface area contributed by atoms with Crippen molar-refractivity contribution in [1.82, 2.24) is 0 Å². The number of rotatable bonds is 6. The molecule has 0 aliphatic heterocycles. The molecule has 0 fully saturated rings. The zero-order valence-corrected chi connectivity index (χ0v) is 9.53. The van der Waals surface area contributed by atoms with E-state index in [1.807, 2.05) is 0 Å². The summed E-state index contributed by atoms with van der Waals surface area (Å²) in [6, 6.07) is 1.80. The summed E-state index contributed by atoms with van der Waals surface area (Å²) in [6.45, 7) is -0.741. The van der Waals surface area contributed by atoms with Gasteiger partial charge in [0.1, 0.15) is 11.7 Å². The zero-order chi connectivity index (χ0) is 14.6. The number of aliphatic hydroxyl groups excluding tert-OH is 1. The minimum Gasteiger partial charge on any atom is -0.595 e. The van der Waals surface area contributed by atoms with Crippen LogP contribution in [0.2, 0.25) is 0 Å². The van der Waals surface area contributed by atoms with E-state index in [0.717, 1.165) is 18.2 Å². The van der Waals surface area contributed by atoms with Gasteiger partial charge in [-0.1, -0.05) is 0 Å². The highest BCUT2D eigenvalue weighted by atomic mass is 16.8. The first kappa shape index (κ1) is 15.3. The van der Waals surface area contributed by atoms with Crippen molar-refractivity contribution in [3.63, 3.8) is 0 Å². The monoisotopic (exact) mass is 275 g/mol. The van der Waals surface area contributed by atoms with E-state index >= 15 is 0 Å². The predicted molar refractivity (Wildman–Crippen MR) is 60.1 cm³/mol. The Morgan fingerprint density at radius 2 is 1.95 bits per heavy atom. The van der Waals surface area contributed by atoms with Crippen molar-refractivity contribution in [2.45, 2.75) is 6.04 Å². The van der Waals surface area contributed by atoms with Crippen LogP contribution in [-0.2, 0) is 4.79 Å². The Balaban J connectivity index is 3.09. The van der Waals surface area contributed by atoms with E-state index in [2.05, 4.69) is 5.32 Å². The Bertz CT molecular complexity index is 451. The first-order chi connectivity index (χ1) is 8.86. The van der Waals surface area contributed by atoms with Crippen LogP contribution in [0.4, 0.5) is 17.1 Å². The van der Waals surface area contributed by atoms with Gasteiger partial charge in [-0.2, -0.15) is 10.5 Å². The Hall–Kier alpha value is -1.79. The lowest BCUT2D eigenvalue weighted by Gasteiger charge is -2.20. The molecule has 3 unspecified atom stereocenters. The Kier molecular flexibility index (Phi) is 5.14. The third-order valence-electron chi connectivity index (χ3n) is 2.31. The zero-order valence-electron chi connectivity index (χ0n) is 9.53. The summed E-state index contributed by atoms with van der Waals surface area (Å²) < 4.78 is 0. The van der Waals surface area contributed by atoms with Gasteiger partial charge in [0.15, 0.2) is 11.4 Å². The molecule has 10 heteroatoms. The number of aliphatic hydroxyl groups is 1. The van der Waals surface area contributed by atoms with Gasteiger partial charge in [0.05, 0.1) is 12.7 Å². The van der Waals surface area contributed by atoms with Gasteiger partial charge >= 0.3 is 5.97 Å². The molecule has 0 spiro atoms. The maximum absolute atomic E-state index is 11.0. The van der Waals surface area contributed by atoms with Gasteiger partial charge in [0.25, 0.3) is 0 Å². The van der Waals surface area contributed by atoms with Crippen LogP contribution in [-0.4, -0.2) is 39.2 Å². The Morgan fingerprint density at radius 1 is 1.32 bits per heavy atom. The Labute approximate surface area is 106 Å². The molecule has 1 aromatic rings. The number of carboxylic acid groups (broad SMARTS) is 1. The standard InChI is InChI=1S/C9H13N3O7/c13-4-7(9(14)15)10-6-2-1-5(11(16)17)3-8(6)12(18)19/h1-3,7,10-13,16,18H,4H2,(H,14,15). The van der Waals surface area contributed by atoms with Crippen molar-refractivity contribution in [2.75, 3.05) is 11.9 Å². The fourth-order valence-electron chi connectivity index (χ4n) is 1.35. The molecular weight excluding hydrogens is 262 g/mol. The number of hydrogen-bond donors (Lipinski definition) is 7. The summed E-state index contributed by atoms with van der Waals surface area (Å²) in [7, 11) is 0. The van der Waals surface area contributed by atoms with Crippen LogP contribution in [0.15, 0.2) is 18.2 Å². The minimum absolute atomic E-state index is 0.0843. The van der Waals surface area contributed by atoms with Crippen LogP contribution >= 0.6 is 0 Å². The van der Waals surface area contributed by atoms with Crippen LogP contribution in [0.25, 0.3) is 0 Å². The summed E-state index contributed by atoms with van der Waals surface area (Å²) in [5.41, 5.74) is -0.711. The number of anilines is 1. The van der Waals surface area contributed by atoms with Crippen LogP contribution in [0.5, 0.6) is 0 Å². The van der Waals surface area contributed by atoms with E-state index in [0.29, 0.717) is 0 Å². The topological polar surface area (TPSA) is 165 Å². The van der Waals surface area contributed by atoms with Crippen LogP contribution < -0.4 is 15.8 Å². The van der Waals surface area contributed by atoms with Gasteiger partial charge in [0, 0.05) is 6.07 Å². The van der Waals surface area contributed by atoms with Crippen LogP contribution in [0.3, 0.4) is 0 Å². The Morgan fingerprint density at radius 3 is 2.37 bits per heavy atom. The number of nitrogens with one attached hydrogen (secondary N) is 3. The fourth-order valence-corrected chi connectivity index (χ4v) is 1.35. The number of hydrogen-bond acceptors (Lipinski definition) is 7. The third-order valence-corrected chi connectivity index (χ3v) is 2.31. The lowest BCUT2D eigenvalue weighted by Crippen LogP contribution is -3.00. The average Bonchev–Trinajstić information content (AvgIpc) is 2.35. The molecule has 10 nitrogen and oxygen atoms in total. The summed E-state index contributed by atoms with van der Waals surface area (Å²) >= 11 is 0. The van der Waals surface area contributed by atoms with Crippen molar-refractivity contribution >= 4 is 23.0 Å². The molecule has 19 heavy (non-hydrogen) atoms. The summed E-state index contributed by atoms with van der Waals surface area (Å²) in [6.07, 6.45) is 0. The van der Waals surface area contributed by atoms with E-state index in [1.165, 1.54) is 0 Å². The van der Waals surface area contributed by atoms with E-state index in [9.17, 15) is 15.2 Å². The first-order valence-corrected chi connectivity index (χ1v) is 5.07. The van der Waals surface area contributed by atoms with Gasteiger partial charge in [-0.3, -0.25) is 0 Å². The SMILES string of the molecule is O=C(O)C(CO)Nc1ccc([NH+]([O-])O)cc1[NH+]([O-])O. The molecule has 0 saturated carbocycles. The van der Waals surface area contributed by atoms with Gasteiger partial charge in [-0.15, -0.1) is 0 Å². The number of benzene rings is 1. The number of quaternary nitrogens is 2. The van der Waals surface area contributed by atoms with E-state index in [4.69, 9.17) is 20.6 Å². The number of aliphatic carboxylic acids is 1. The molecule has 0 aliphatic rings. The van der Waals surface area contributed by atoms with Crippen LogP contribution in [0, 0.1) is 10.4 Å². The first-order valence-electron chi connectivity index (χ1n) is 5.07. The minimum atomic E-state index is -1.41. The maximum Gasteiger partial charge on any atom is 0.328 e. The van der Waals surface area contributed by atoms with Gasteiger partial charge in [-0.25, -0.2) is 15.2 Å². The van der Waals surface area contributed by atoms with Crippen LogP contribution in [0.1, 0.15) is 0 Å². The average molecular weight is 275 g/mol. The largest absolute Gasteiger partial charge is 0.595 e. The molecule has 1 aromatic carbocycles. The highest BCUT2D eigenvalue weighted by Gasteiger charge is 2.20. The van der Waals surface area contributed by atoms with Crippen molar-refractivity contribution in [2.24, 2.45) is 0 Å². The second-order valence-electron chi connectivity index (χ2n) is 3.59. The highest BCUT2D eigenvalue weighted by Crippen LogP contribution is 2.21. The molecular formula is C9H13N3O7. The predicted octanol–water partition coefficient (Wildman–Crippen LogP) is -2.65. The van der Waals surface area contributed by atoms with Crippen molar-refractivity contribution < 1.29 is 35.9 Å². The van der Waals surface area contributed by atoms with Gasteiger partial charge in [-0.05, 0) is 6.07 Å². The molecule has 0 bridgehead atoms. The number of carbonyl (C=O) groups is 1. The molecule has 0 radical (unpaired) electrons. The van der Waals surface area contributed by atoms with Crippen molar-refractivity contribution in [3.05, 3.63) is 28.6 Å². The second-order valence-corrected chi connectivity index (χ2v) is 3.59.